The van der Waals surface area contributed by atoms with Crippen molar-refractivity contribution in [2.45, 2.75) is 50.9 Å². The van der Waals surface area contributed by atoms with Crippen LogP contribution in [0.3, 0.4) is 0 Å². The van der Waals surface area contributed by atoms with Crippen molar-refractivity contribution in [2.75, 3.05) is 20.2 Å². The van der Waals surface area contributed by atoms with Gasteiger partial charge in [-0.25, -0.2) is 9.97 Å². The molecule has 2 aliphatic rings. The van der Waals surface area contributed by atoms with E-state index in [1.807, 2.05) is 60.7 Å². The van der Waals surface area contributed by atoms with E-state index in [-0.39, 0.29) is 23.6 Å². The summed E-state index contributed by atoms with van der Waals surface area (Å²) in [6, 6.07) is 19.3. The van der Waals surface area contributed by atoms with E-state index in [1.165, 1.54) is 4.40 Å². The Hall–Kier alpha value is -4.32. The van der Waals surface area contributed by atoms with Crippen molar-refractivity contribution < 1.29 is 14.6 Å². The number of halogens is 2. The van der Waals surface area contributed by atoms with Crippen molar-refractivity contribution in [1.82, 2.24) is 30.3 Å². The maximum Gasteiger partial charge on any atom is 0.262 e. The highest BCUT2D eigenvalue weighted by atomic mass is 35.5. The summed E-state index contributed by atoms with van der Waals surface area (Å²) < 4.78 is 7.16. The molecule has 0 radical (unpaired) electrons. The smallest absolute Gasteiger partial charge is 0.262 e. The Labute approximate surface area is 299 Å². The topological polar surface area (TPSA) is 130 Å². The molecule has 1 saturated carbocycles. The molecule has 1 aliphatic heterocycles. The summed E-state index contributed by atoms with van der Waals surface area (Å²) >= 11 is 14.2. The number of aliphatic hydroxyl groups excluding tert-OH is 1. The summed E-state index contributed by atoms with van der Waals surface area (Å²) in [6.45, 7) is 2.00. The van der Waals surface area contributed by atoms with Gasteiger partial charge in [0.25, 0.3) is 5.56 Å². The molecule has 12 heteroatoms. The quantitative estimate of drug-likeness (QED) is 0.124. The number of rotatable bonds is 13. The van der Waals surface area contributed by atoms with Gasteiger partial charge in [-0.15, -0.1) is 0 Å². The van der Waals surface area contributed by atoms with Crippen molar-refractivity contribution in [3.8, 4) is 39.4 Å². The summed E-state index contributed by atoms with van der Waals surface area (Å²) in [5, 5.41) is 20.7. The third-order valence-electron chi connectivity index (χ3n) is 9.41. The lowest BCUT2D eigenvalue weighted by Gasteiger charge is -2.16. The first kappa shape index (κ1) is 34.1. The first-order chi connectivity index (χ1) is 24.3. The van der Waals surface area contributed by atoms with Crippen molar-refractivity contribution >= 4 is 34.8 Å². The third kappa shape index (κ3) is 7.26. The number of hydrogen-bond acceptors (Lipinski definition) is 8. The van der Waals surface area contributed by atoms with Crippen LogP contribution < -0.4 is 26.2 Å². The van der Waals surface area contributed by atoms with Crippen LogP contribution >= 0.6 is 23.2 Å². The van der Waals surface area contributed by atoms with Gasteiger partial charge in [0.05, 0.1) is 29.0 Å². The lowest BCUT2D eigenvalue weighted by atomic mass is 9.97. The highest BCUT2D eigenvalue weighted by Gasteiger charge is 2.29. The molecular formula is C38H38Cl2N6O4. The average molecular weight is 714 g/mol. The summed E-state index contributed by atoms with van der Waals surface area (Å²) in [6.07, 6.45) is 6.43. The number of methoxy groups -OCH3 is 1. The van der Waals surface area contributed by atoms with Crippen LogP contribution in [0.4, 0.5) is 0 Å². The molecule has 0 bridgehead atoms. The molecule has 1 amide bonds. The maximum absolute atomic E-state index is 13.2. The van der Waals surface area contributed by atoms with E-state index in [1.54, 1.807) is 19.5 Å². The number of benzene rings is 2. The number of nitrogens with one attached hydrogen (secondary N) is 3. The first-order valence-electron chi connectivity index (χ1n) is 16.8. The zero-order chi connectivity index (χ0) is 34.8. The van der Waals surface area contributed by atoms with Crippen LogP contribution in [0.25, 0.3) is 39.2 Å². The molecule has 2 atom stereocenters. The number of aliphatic hydroxyl groups is 1. The molecule has 2 fully saturated rings. The molecule has 5 aromatic rings. The average Bonchev–Trinajstić information content (AvgIpc) is 3.90. The van der Waals surface area contributed by atoms with Gasteiger partial charge in [-0.2, -0.15) is 0 Å². The van der Waals surface area contributed by atoms with Gasteiger partial charge >= 0.3 is 0 Å². The van der Waals surface area contributed by atoms with E-state index in [4.69, 9.17) is 32.9 Å². The lowest BCUT2D eigenvalue weighted by molar-refractivity contribution is -0.119. The fraction of sp³-hybridized carbons (Fsp3) is 0.316. The minimum Gasteiger partial charge on any atom is -0.481 e. The van der Waals surface area contributed by atoms with Crippen LogP contribution in [-0.4, -0.2) is 57.7 Å². The van der Waals surface area contributed by atoms with Gasteiger partial charge in [0.1, 0.15) is 5.65 Å². The molecule has 0 spiro atoms. The van der Waals surface area contributed by atoms with Crippen molar-refractivity contribution in [3.05, 3.63) is 105 Å². The molecular weight excluding hydrogens is 675 g/mol. The minimum absolute atomic E-state index is 0.0939. The molecule has 7 rings (SSSR count). The number of amides is 1. The number of ether oxygens (including phenoxy) is 1. The zero-order valence-corrected chi connectivity index (χ0v) is 29.1. The Kier molecular flexibility index (Phi) is 10.2. The molecule has 10 nitrogen and oxygen atoms in total. The van der Waals surface area contributed by atoms with Crippen LogP contribution in [0.15, 0.2) is 77.9 Å². The normalized spacial score (nSPS) is 16.5. The number of nitrogens with zero attached hydrogens (tertiary/aromatic N) is 3. The zero-order valence-electron chi connectivity index (χ0n) is 27.6. The monoisotopic (exact) mass is 712 g/mol. The van der Waals surface area contributed by atoms with Gasteiger partial charge in [0, 0.05) is 84.4 Å². The number of carbonyl (C=O) groups excluding carboxylic acids is 1. The van der Waals surface area contributed by atoms with Crippen molar-refractivity contribution in [2.24, 2.45) is 5.92 Å². The fourth-order valence-electron chi connectivity index (χ4n) is 6.45. The molecule has 1 saturated heterocycles. The first-order valence-corrected chi connectivity index (χ1v) is 17.6. The number of pyridine rings is 2. The molecule has 50 heavy (non-hydrogen) atoms. The second-order valence-corrected chi connectivity index (χ2v) is 13.7. The van der Waals surface area contributed by atoms with E-state index < -0.39 is 0 Å². The van der Waals surface area contributed by atoms with Crippen molar-refractivity contribution in [1.29, 1.82) is 0 Å². The van der Waals surface area contributed by atoms with Gasteiger partial charge < -0.3 is 25.8 Å². The van der Waals surface area contributed by atoms with Crippen LogP contribution in [0.2, 0.25) is 10.0 Å². The Morgan fingerprint density at radius 3 is 2.38 bits per heavy atom. The van der Waals surface area contributed by atoms with E-state index in [0.29, 0.717) is 71.3 Å². The van der Waals surface area contributed by atoms with Crippen LogP contribution in [0.1, 0.15) is 36.8 Å². The predicted octanol–water partition coefficient (Wildman–Crippen LogP) is 5.63. The van der Waals surface area contributed by atoms with Gasteiger partial charge in [-0.1, -0.05) is 65.7 Å². The fourth-order valence-corrected chi connectivity index (χ4v) is 7.11. The molecule has 4 N–H and O–H groups in total. The molecule has 0 unspecified atom stereocenters. The molecule has 1 aliphatic carbocycles. The molecule has 3 aromatic heterocycles. The summed E-state index contributed by atoms with van der Waals surface area (Å²) in [4.78, 5) is 34.1. The van der Waals surface area contributed by atoms with Crippen molar-refractivity contribution in [3.63, 3.8) is 0 Å². The second-order valence-electron chi connectivity index (χ2n) is 12.9. The number of aromatic nitrogens is 3. The van der Waals surface area contributed by atoms with E-state index >= 15 is 0 Å². The van der Waals surface area contributed by atoms with Crippen LogP contribution in [0, 0.1) is 5.92 Å². The summed E-state index contributed by atoms with van der Waals surface area (Å²) in [7, 11) is 1.59. The minimum atomic E-state index is -0.383. The highest BCUT2D eigenvalue weighted by molar-refractivity contribution is 6.39. The van der Waals surface area contributed by atoms with Gasteiger partial charge in [0.2, 0.25) is 11.8 Å². The second kappa shape index (κ2) is 14.9. The molecule has 2 aromatic carbocycles. The highest BCUT2D eigenvalue weighted by Crippen LogP contribution is 2.42. The van der Waals surface area contributed by atoms with Gasteiger partial charge in [-0.3, -0.25) is 14.0 Å². The van der Waals surface area contributed by atoms with Crippen LogP contribution in [0.5, 0.6) is 5.88 Å². The molecule has 258 valence electrons. The number of carbonyl (C=O) groups is 1. The van der Waals surface area contributed by atoms with E-state index in [9.17, 15) is 14.7 Å². The Morgan fingerprint density at radius 2 is 1.66 bits per heavy atom. The van der Waals surface area contributed by atoms with Gasteiger partial charge in [0.15, 0.2) is 0 Å². The van der Waals surface area contributed by atoms with Crippen LogP contribution in [-0.2, 0) is 17.9 Å². The van der Waals surface area contributed by atoms with E-state index in [0.717, 1.165) is 52.6 Å². The summed E-state index contributed by atoms with van der Waals surface area (Å²) in [5.74, 6) is 0.956. The Bertz CT molecular complexity index is 2120. The Balaban J connectivity index is 1.11. The lowest BCUT2D eigenvalue weighted by Crippen LogP contribution is -2.35. The number of hydrogen-bond donors (Lipinski definition) is 4. The number of fused-ring (bicyclic) bond motifs is 1. The van der Waals surface area contributed by atoms with E-state index in [2.05, 4.69) is 20.9 Å². The van der Waals surface area contributed by atoms with Gasteiger partial charge in [-0.05, 0) is 48.9 Å². The Morgan fingerprint density at radius 1 is 0.940 bits per heavy atom. The standard InChI is InChI=1S/C38H38Cl2N6O4/c1-50-37-24(17-41-20-26-11-13-34(48)44-26)10-12-31(45-37)30-7-3-6-29(36(30)40)28-5-2-4-27(35(28)39)23-14-15-46-33(16-23)43-19-25(38(46)49)18-42-21-32(47)22-8-9-22/h2-7,10,12,14-16,19,22,26,32,41-42,47H,8-9,11,13,17-18,20-21H2,1H3,(H,44,48)/t26-,32+/m1/s1. The predicted molar refractivity (Wildman–Crippen MR) is 195 cm³/mol. The maximum atomic E-state index is 13.2. The molecule has 4 heterocycles. The summed E-state index contributed by atoms with van der Waals surface area (Å²) in [5.41, 5.74) is 6.24. The SMILES string of the molecule is COc1nc(-c2cccc(-c3cccc(-c4ccn5c(=O)c(CNC[C@H](O)C6CC6)cnc5c4)c3Cl)c2Cl)ccc1CNC[C@H]1CCC(=O)N1. The largest absolute Gasteiger partial charge is 0.481 e. The third-order valence-corrected chi connectivity index (χ3v) is 10.2.